The van der Waals surface area contributed by atoms with Gasteiger partial charge in [0.15, 0.2) is 0 Å². The summed E-state index contributed by atoms with van der Waals surface area (Å²) in [5.41, 5.74) is -1.55. The molecule has 21 heavy (non-hydrogen) atoms. The van der Waals surface area contributed by atoms with Crippen LogP contribution in [0.25, 0.3) is 0 Å². The van der Waals surface area contributed by atoms with Crippen molar-refractivity contribution in [2.24, 2.45) is 0 Å². The summed E-state index contributed by atoms with van der Waals surface area (Å²) in [7, 11) is -3.41. The second kappa shape index (κ2) is 6.61. The minimum Gasteiger partial charge on any atom is -0.480 e. The smallest absolute Gasteiger partial charge is 0.323 e. The zero-order chi connectivity index (χ0) is 17.1. The van der Waals surface area contributed by atoms with Crippen molar-refractivity contribution in [3.63, 3.8) is 0 Å². The lowest BCUT2D eigenvalue weighted by Crippen LogP contribution is -2.57. The third-order valence-electron chi connectivity index (χ3n) is 2.49. The van der Waals surface area contributed by atoms with Crippen molar-refractivity contribution in [1.29, 1.82) is 0 Å². The van der Waals surface area contributed by atoms with Gasteiger partial charge in [-0.05, 0) is 34.6 Å². The summed E-state index contributed by atoms with van der Waals surface area (Å²) in [4.78, 5) is 24.1. The Labute approximate surface area is 125 Å². The highest BCUT2D eigenvalue weighted by Crippen LogP contribution is 2.13. The standard InChI is InChI=1S/C12H25N3O5S/c1-11(2,3)15(7-9(16)17)10(18)13-8-12(4,5)14-21(6,19)20/h14H,7-8H2,1-6H3,(H,13,18)(H,16,17). The Kier molecular flexibility index (Phi) is 6.18. The minimum absolute atomic E-state index is 0.0328. The van der Waals surface area contributed by atoms with E-state index in [1.54, 1.807) is 34.6 Å². The summed E-state index contributed by atoms with van der Waals surface area (Å²) < 4.78 is 24.8. The van der Waals surface area contributed by atoms with Gasteiger partial charge >= 0.3 is 12.0 Å². The Morgan fingerprint density at radius 2 is 1.62 bits per heavy atom. The Balaban J connectivity index is 4.82. The Morgan fingerprint density at radius 3 is 1.95 bits per heavy atom. The first-order valence-corrected chi connectivity index (χ1v) is 8.29. The third kappa shape index (κ3) is 8.51. The lowest BCUT2D eigenvalue weighted by Gasteiger charge is -2.35. The molecule has 0 saturated carbocycles. The molecule has 0 fully saturated rings. The van der Waals surface area contributed by atoms with Crippen LogP contribution in [0.5, 0.6) is 0 Å². The van der Waals surface area contributed by atoms with Crippen LogP contribution in [-0.4, -0.2) is 60.8 Å². The number of carbonyl (C=O) groups excluding carboxylic acids is 1. The van der Waals surface area contributed by atoms with Gasteiger partial charge in [0.2, 0.25) is 10.0 Å². The number of aliphatic carboxylic acids is 1. The van der Waals surface area contributed by atoms with Crippen molar-refractivity contribution in [1.82, 2.24) is 14.9 Å². The first-order valence-electron chi connectivity index (χ1n) is 6.40. The van der Waals surface area contributed by atoms with Crippen LogP contribution < -0.4 is 10.0 Å². The number of amides is 2. The van der Waals surface area contributed by atoms with Crippen LogP contribution in [0.3, 0.4) is 0 Å². The number of hydrogen-bond acceptors (Lipinski definition) is 4. The number of carbonyl (C=O) groups is 2. The van der Waals surface area contributed by atoms with Crippen LogP contribution in [0.15, 0.2) is 0 Å². The second-order valence-corrected chi connectivity index (χ2v) is 8.32. The molecular formula is C12H25N3O5S. The van der Waals surface area contributed by atoms with Crippen molar-refractivity contribution >= 4 is 22.0 Å². The van der Waals surface area contributed by atoms with Gasteiger partial charge in [-0.15, -0.1) is 0 Å². The molecule has 0 aromatic rings. The molecule has 0 heterocycles. The number of rotatable bonds is 6. The molecule has 0 saturated heterocycles. The minimum atomic E-state index is -3.41. The zero-order valence-electron chi connectivity index (χ0n) is 13.3. The molecule has 0 atom stereocenters. The molecular weight excluding hydrogens is 298 g/mol. The van der Waals surface area contributed by atoms with E-state index in [0.717, 1.165) is 6.26 Å². The summed E-state index contributed by atoms with van der Waals surface area (Å²) in [6, 6.07) is -0.562. The zero-order valence-corrected chi connectivity index (χ0v) is 14.2. The molecule has 0 radical (unpaired) electrons. The summed E-state index contributed by atoms with van der Waals surface area (Å²) in [5, 5.41) is 11.4. The molecule has 8 nitrogen and oxygen atoms in total. The molecule has 0 aliphatic heterocycles. The number of hydrogen-bond donors (Lipinski definition) is 3. The van der Waals surface area contributed by atoms with Gasteiger partial charge in [0.25, 0.3) is 0 Å². The van der Waals surface area contributed by atoms with Crippen LogP contribution in [0.1, 0.15) is 34.6 Å². The van der Waals surface area contributed by atoms with E-state index in [1.165, 1.54) is 4.90 Å². The molecule has 0 aliphatic rings. The van der Waals surface area contributed by atoms with Gasteiger partial charge in [0.05, 0.1) is 6.26 Å². The molecule has 3 N–H and O–H groups in total. The predicted octanol–water partition coefficient (Wildman–Crippen LogP) is 0.209. The molecule has 0 aromatic heterocycles. The normalized spacial score (nSPS) is 12.9. The maximum Gasteiger partial charge on any atom is 0.323 e. The van der Waals surface area contributed by atoms with Crippen molar-refractivity contribution in [3.05, 3.63) is 0 Å². The van der Waals surface area contributed by atoms with Gasteiger partial charge in [-0.1, -0.05) is 0 Å². The lowest BCUT2D eigenvalue weighted by atomic mass is 10.1. The van der Waals surface area contributed by atoms with Gasteiger partial charge in [0, 0.05) is 17.6 Å². The molecule has 0 rings (SSSR count). The van der Waals surface area contributed by atoms with Crippen molar-refractivity contribution in [2.45, 2.75) is 45.7 Å². The van der Waals surface area contributed by atoms with Crippen molar-refractivity contribution in [3.8, 4) is 0 Å². The number of sulfonamides is 1. The van der Waals surface area contributed by atoms with Crippen LogP contribution in [0.2, 0.25) is 0 Å². The summed E-state index contributed by atoms with van der Waals surface area (Å²) in [5.74, 6) is -1.12. The van der Waals surface area contributed by atoms with Gasteiger partial charge < -0.3 is 15.3 Å². The number of nitrogens with zero attached hydrogens (tertiary/aromatic N) is 1. The predicted molar refractivity (Wildman–Crippen MR) is 79.6 cm³/mol. The van der Waals surface area contributed by atoms with Gasteiger partial charge in [-0.2, -0.15) is 0 Å². The van der Waals surface area contributed by atoms with E-state index < -0.39 is 39.6 Å². The molecule has 0 bridgehead atoms. The molecule has 0 unspecified atom stereocenters. The SMILES string of the molecule is CC(C)(CNC(=O)N(CC(=O)O)C(C)(C)C)NS(C)(=O)=O. The highest BCUT2D eigenvalue weighted by atomic mass is 32.2. The highest BCUT2D eigenvalue weighted by Gasteiger charge is 2.30. The lowest BCUT2D eigenvalue weighted by molar-refractivity contribution is -0.138. The first kappa shape index (κ1) is 19.7. The number of carboxylic acid groups (broad SMARTS) is 1. The summed E-state index contributed by atoms with van der Waals surface area (Å²) in [6.45, 7) is 7.99. The maximum atomic E-state index is 12.1. The molecule has 0 aromatic carbocycles. The Hall–Kier alpha value is -1.35. The highest BCUT2D eigenvalue weighted by molar-refractivity contribution is 7.88. The summed E-state index contributed by atoms with van der Waals surface area (Å²) >= 11 is 0. The fraction of sp³-hybridized carbons (Fsp3) is 0.833. The Bertz CT molecular complexity index is 494. The van der Waals surface area contributed by atoms with E-state index in [4.69, 9.17) is 5.11 Å². The topological polar surface area (TPSA) is 116 Å². The monoisotopic (exact) mass is 323 g/mol. The largest absolute Gasteiger partial charge is 0.480 e. The number of carboxylic acids is 1. The van der Waals surface area contributed by atoms with Crippen molar-refractivity contribution < 1.29 is 23.1 Å². The average Bonchev–Trinajstić information content (AvgIpc) is 2.17. The first-order chi connectivity index (χ1) is 9.14. The Morgan fingerprint density at radius 1 is 1.14 bits per heavy atom. The van der Waals surface area contributed by atoms with E-state index in [-0.39, 0.29) is 6.54 Å². The van der Waals surface area contributed by atoms with Gasteiger partial charge in [0.1, 0.15) is 6.54 Å². The molecule has 0 spiro atoms. The quantitative estimate of drug-likeness (QED) is 0.646. The number of urea groups is 1. The molecule has 124 valence electrons. The van der Waals surface area contributed by atoms with E-state index in [2.05, 4.69) is 10.0 Å². The second-order valence-electron chi connectivity index (χ2n) is 6.57. The van der Waals surface area contributed by atoms with Crippen LogP contribution in [-0.2, 0) is 14.8 Å². The van der Waals surface area contributed by atoms with Gasteiger partial charge in [-0.25, -0.2) is 17.9 Å². The molecule has 0 aliphatic carbocycles. The van der Waals surface area contributed by atoms with Crippen LogP contribution >= 0.6 is 0 Å². The average molecular weight is 323 g/mol. The van der Waals surface area contributed by atoms with Crippen LogP contribution in [0, 0.1) is 0 Å². The fourth-order valence-electron chi connectivity index (χ4n) is 1.68. The van der Waals surface area contributed by atoms with Gasteiger partial charge in [-0.3, -0.25) is 4.79 Å². The van der Waals surface area contributed by atoms with E-state index in [0.29, 0.717) is 0 Å². The summed E-state index contributed by atoms with van der Waals surface area (Å²) in [6.07, 6.45) is 1.03. The van der Waals surface area contributed by atoms with E-state index >= 15 is 0 Å². The van der Waals surface area contributed by atoms with Crippen molar-refractivity contribution in [2.75, 3.05) is 19.3 Å². The molecule has 2 amide bonds. The van der Waals surface area contributed by atoms with E-state index in [9.17, 15) is 18.0 Å². The third-order valence-corrected chi connectivity index (χ3v) is 3.41. The van der Waals surface area contributed by atoms with E-state index in [1.807, 2.05) is 0 Å². The number of nitrogens with one attached hydrogen (secondary N) is 2. The molecule has 9 heteroatoms. The maximum absolute atomic E-state index is 12.1. The van der Waals surface area contributed by atoms with Crippen LogP contribution in [0.4, 0.5) is 4.79 Å². The fourth-order valence-corrected chi connectivity index (χ4v) is 2.75.